The Morgan fingerprint density at radius 2 is 1.41 bits per heavy atom. The van der Waals surface area contributed by atoms with Gasteiger partial charge in [0.25, 0.3) is 0 Å². The van der Waals surface area contributed by atoms with Crippen LogP contribution in [0.2, 0.25) is 0 Å². The number of rotatable bonds is 1. The normalized spacial score (nSPS) is 11.2. The molecule has 0 spiro atoms. The van der Waals surface area contributed by atoms with Gasteiger partial charge in [0, 0.05) is 23.8 Å². The van der Waals surface area contributed by atoms with E-state index in [4.69, 9.17) is 0 Å². The molecule has 3 rings (SSSR count). The van der Waals surface area contributed by atoms with Crippen LogP contribution in [-0.4, -0.2) is 0 Å². The molecule has 3 aromatic rings. The van der Waals surface area contributed by atoms with Crippen LogP contribution >= 0.6 is 0 Å². The van der Waals surface area contributed by atoms with Crippen molar-refractivity contribution in [2.75, 3.05) is 0 Å². The van der Waals surface area contributed by atoms with Crippen LogP contribution < -0.4 is 4.57 Å². The Hall–Kier alpha value is -1.89. The topological polar surface area (TPSA) is 3.88 Å². The molecule has 0 atom stereocenters. The van der Waals surface area contributed by atoms with E-state index in [1.807, 2.05) is 0 Å². The van der Waals surface area contributed by atoms with Crippen molar-refractivity contribution < 1.29 is 4.57 Å². The van der Waals surface area contributed by atoms with Gasteiger partial charge in [0.1, 0.15) is 6.54 Å². The van der Waals surface area contributed by atoms with Crippen molar-refractivity contribution in [2.24, 2.45) is 0 Å². The molecule has 17 heavy (non-hydrogen) atoms. The Morgan fingerprint density at radius 1 is 0.824 bits per heavy atom. The minimum Gasteiger partial charge on any atom is -0.196 e. The third kappa shape index (κ3) is 1.42. The van der Waals surface area contributed by atoms with Crippen molar-refractivity contribution in [3.63, 3.8) is 0 Å². The number of hydrogen-bond acceptors (Lipinski definition) is 0. The molecule has 0 N–H and O–H groups in total. The van der Waals surface area contributed by atoms with E-state index in [1.165, 1.54) is 27.4 Å². The minimum absolute atomic E-state index is 1.01. The molecule has 1 aromatic heterocycles. The van der Waals surface area contributed by atoms with Crippen molar-refractivity contribution in [1.82, 2.24) is 0 Å². The fraction of sp³-hybridized carbons (Fsp3) is 0.188. The van der Waals surface area contributed by atoms with Crippen LogP contribution in [0.25, 0.3) is 21.7 Å². The van der Waals surface area contributed by atoms with Gasteiger partial charge < -0.3 is 0 Å². The van der Waals surface area contributed by atoms with Crippen LogP contribution in [0.4, 0.5) is 0 Å². The zero-order chi connectivity index (χ0) is 11.8. The first-order chi connectivity index (χ1) is 8.33. The Bertz CT molecular complexity index is 698. The van der Waals surface area contributed by atoms with E-state index >= 15 is 0 Å². The standard InChI is InChI=1S/C16H16N/c1-3-17-12(2)13-8-4-5-9-14(13)15-10-6-7-11-16(15)17/h4-11H,3H2,1-2H3/q+1. The summed E-state index contributed by atoms with van der Waals surface area (Å²) in [6, 6.07) is 17.3. The van der Waals surface area contributed by atoms with E-state index in [9.17, 15) is 0 Å². The summed E-state index contributed by atoms with van der Waals surface area (Å²) < 4.78 is 2.39. The summed E-state index contributed by atoms with van der Waals surface area (Å²) in [5.41, 5.74) is 2.67. The van der Waals surface area contributed by atoms with Gasteiger partial charge in [0.2, 0.25) is 5.52 Å². The molecule has 0 saturated carbocycles. The maximum Gasteiger partial charge on any atom is 0.213 e. The Kier molecular flexibility index (Phi) is 2.32. The van der Waals surface area contributed by atoms with Gasteiger partial charge in [0.15, 0.2) is 5.69 Å². The highest BCUT2D eigenvalue weighted by atomic mass is 15.0. The van der Waals surface area contributed by atoms with Crippen LogP contribution in [0.5, 0.6) is 0 Å². The third-order valence-corrected chi connectivity index (χ3v) is 3.52. The summed E-state index contributed by atoms with van der Waals surface area (Å²) in [5.74, 6) is 0. The summed E-state index contributed by atoms with van der Waals surface area (Å²) in [6.07, 6.45) is 0. The molecular weight excluding hydrogens is 206 g/mol. The number of aromatic nitrogens is 1. The van der Waals surface area contributed by atoms with Crippen molar-refractivity contribution in [3.05, 3.63) is 54.2 Å². The number of benzene rings is 2. The highest BCUT2D eigenvalue weighted by Gasteiger charge is 2.15. The van der Waals surface area contributed by atoms with Crippen LogP contribution in [0, 0.1) is 6.92 Å². The zero-order valence-electron chi connectivity index (χ0n) is 10.3. The molecule has 0 radical (unpaired) electrons. The van der Waals surface area contributed by atoms with Crippen LogP contribution in [0.15, 0.2) is 48.5 Å². The average molecular weight is 222 g/mol. The quantitative estimate of drug-likeness (QED) is 0.437. The smallest absolute Gasteiger partial charge is 0.196 e. The summed E-state index contributed by atoms with van der Waals surface area (Å²) in [6.45, 7) is 5.42. The summed E-state index contributed by atoms with van der Waals surface area (Å²) in [4.78, 5) is 0. The molecule has 84 valence electrons. The first-order valence-electron chi connectivity index (χ1n) is 6.13. The second-order valence-corrected chi connectivity index (χ2v) is 4.39. The van der Waals surface area contributed by atoms with E-state index in [-0.39, 0.29) is 0 Å². The zero-order valence-corrected chi connectivity index (χ0v) is 10.3. The monoisotopic (exact) mass is 222 g/mol. The van der Waals surface area contributed by atoms with Crippen LogP contribution in [0.1, 0.15) is 12.6 Å². The van der Waals surface area contributed by atoms with Crippen molar-refractivity contribution >= 4 is 21.7 Å². The Labute approximate surface area is 101 Å². The molecule has 0 amide bonds. The van der Waals surface area contributed by atoms with Gasteiger partial charge in [-0.1, -0.05) is 30.3 Å². The lowest BCUT2D eigenvalue weighted by atomic mass is 10.0. The molecule has 0 fully saturated rings. The predicted molar refractivity (Wildman–Crippen MR) is 72.1 cm³/mol. The number of hydrogen-bond donors (Lipinski definition) is 0. The number of pyridine rings is 1. The molecule has 0 aliphatic rings. The van der Waals surface area contributed by atoms with Crippen LogP contribution in [0.3, 0.4) is 0 Å². The molecule has 2 aromatic carbocycles. The van der Waals surface area contributed by atoms with Gasteiger partial charge in [-0.3, -0.25) is 0 Å². The van der Waals surface area contributed by atoms with Gasteiger partial charge >= 0.3 is 0 Å². The Balaban J connectivity index is 2.64. The van der Waals surface area contributed by atoms with E-state index in [2.05, 4.69) is 66.9 Å². The maximum absolute atomic E-state index is 2.39. The fourth-order valence-electron chi connectivity index (χ4n) is 2.70. The molecule has 1 heteroatoms. The number of nitrogens with zero attached hydrogens (tertiary/aromatic N) is 1. The van der Waals surface area contributed by atoms with E-state index in [1.54, 1.807) is 0 Å². The third-order valence-electron chi connectivity index (χ3n) is 3.52. The highest BCUT2D eigenvalue weighted by Crippen LogP contribution is 2.24. The maximum atomic E-state index is 2.39. The first-order valence-corrected chi connectivity index (χ1v) is 6.13. The molecule has 0 bridgehead atoms. The average Bonchev–Trinajstić information content (AvgIpc) is 2.40. The summed E-state index contributed by atoms with van der Waals surface area (Å²) in [5, 5.41) is 4.05. The molecule has 0 unspecified atom stereocenters. The van der Waals surface area contributed by atoms with Crippen LogP contribution in [-0.2, 0) is 6.54 Å². The number of para-hydroxylation sites is 1. The van der Waals surface area contributed by atoms with E-state index in [0.717, 1.165) is 6.54 Å². The van der Waals surface area contributed by atoms with E-state index < -0.39 is 0 Å². The minimum atomic E-state index is 1.01. The Morgan fingerprint density at radius 3 is 2.12 bits per heavy atom. The van der Waals surface area contributed by atoms with Gasteiger partial charge in [-0.05, 0) is 19.1 Å². The molecule has 1 heterocycles. The number of aryl methyl sites for hydroxylation is 2. The predicted octanol–water partition coefficient (Wildman–Crippen LogP) is 3.61. The van der Waals surface area contributed by atoms with Crippen molar-refractivity contribution in [3.8, 4) is 0 Å². The first kappa shape index (κ1) is 10.3. The highest BCUT2D eigenvalue weighted by molar-refractivity contribution is 6.04. The van der Waals surface area contributed by atoms with Gasteiger partial charge in [-0.15, -0.1) is 0 Å². The summed E-state index contributed by atoms with van der Waals surface area (Å²) in [7, 11) is 0. The van der Waals surface area contributed by atoms with Crippen molar-refractivity contribution in [2.45, 2.75) is 20.4 Å². The lowest BCUT2D eigenvalue weighted by Crippen LogP contribution is -2.36. The van der Waals surface area contributed by atoms with Gasteiger partial charge in [-0.2, -0.15) is 4.57 Å². The lowest BCUT2D eigenvalue weighted by Gasteiger charge is -2.07. The molecule has 0 aliphatic carbocycles. The second kappa shape index (κ2) is 3.85. The lowest BCUT2D eigenvalue weighted by molar-refractivity contribution is -0.672. The molecule has 0 saturated heterocycles. The largest absolute Gasteiger partial charge is 0.213 e. The summed E-state index contributed by atoms with van der Waals surface area (Å²) >= 11 is 0. The van der Waals surface area contributed by atoms with Crippen molar-refractivity contribution in [1.29, 1.82) is 0 Å². The van der Waals surface area contributed by atoms with Gasteiger partial charge in [-0.25, -0.2) is 0 Å². The number of fused-ring (bicyclic) bond motifs is 3. The SMILES string of the molecule is CC[n+]1c(C)c2ccccc2c2ccccc21. The molecular formula is C16H16N+. The van der Waals surface area contributed by atoms with Gasteiger partial charge in [0.05, 0.1) is 5.39 Å². The van der Waals surface area contributed by atoms with E-state index in [0.29, 0.717) is 0 Å². The second-order valence-electron chi connectivity index (χ2n) is 4.39. The fourth-order valence-corrected chi connectivity index (χ4v) is 2.70. The molecule has 1 nitrogen and oxygen atoms in total. The molecule has 0 aliphatic heterocycles.